The first-order valence-corrected chi connectivity index (χ1v) is 13.3. The number of carbonyl (C=O) groups is 1. The van der Waals surface area contributed by atoms with E-state index in [2.05, 4.69) is 34.4 Å². The van der Waals surface area contributed by atoms with E-state index in [9.17, 15) is 13.2 Å². The summed E-state index contributed by atoms with van der Waals surface area (Å²) in [5.74, 6) is 0.228. The summed E-state index contributed by atoms with van der Waals surface area (Å²) < 4.78 is 27.6. The number of carbonyl (C=O) groups excluding carboxylic acids is 1. The molecule has 0 aromatic carbocycles. The lowest BCUT2D eigenvalue weighted by Gasteiger charge is -2.18. The second-order valence-electron chi connectivity index (χ2n) is 10.5. The number of hydrogen-bond acceptors (Lipinski definition) is 7. The minimum absolute atomic E-state index is 0.0166. The topological polar surface area (TPSA) is 113 Å². The van der Waals surface area contributed by atoms with E-state index in [-0.39, 0.29) is 26.7 Å². The van der Waals surface area contributed by atoms with E-state index < -0.39 is 15.9 Å². The minimum Gasteiger partial charge on any atom is -0.370 e. The fourth-order valence-electron chi connectivity index (χ4n) is 4.01. The summed E-state index contributed by atoms with van der Waals surface area (Å²) in [5, 5.41) is 6.40. The lowest BCUT2D eigenvalue weighted by molar-refractivity contribution is 0.0981. The summed E-state index contributed by atoms with van der Waals surface area (Å²) in [6, 6.07) is 7.78. The molecule has 2 aromatic heterocycles. The molecule has 1 amide bonds. The number of hydrogen-bond donors (Lipinski definition) is 3. The Balaban J connectivity index is 1.60. The van der Waals surface area contributed by atoms with E-state index in [1.54, 1.807) is 18.2 Å². The van der Waals surface area contributed by atoms with Crippen LogP contribution in [0.4, 0.5) is 5.82 Å². The maximum Gasteiger partial charge on any atom is 0.281 e. The Morgan fingerprint density at radius 1 is 1.21 bits per heavy atom. The number of amides is 1. The Kier molecular flexibility index (Phi) is 7.89. The Bertz CT molecular complexity index is 1150. The summed E-state index contributed by atoms with van der Waals surface area (Å²) >= 11 is 6.17. The van der Waals surface area contributed by atoms with Gasteiger partial charge in [0.2, 0.25) is 0 Å². The van der Waals surface area contributed by atoms with E-state index in [0.29, 0.717) is 24.0 Å². The van der Waals surface area contributed by atoms with Gasteiger partial charge in [-0.05, 0) is 69.8 Å². The van der Waals surface area contributed by atoms with Crippen molar-refractivity contribution in [2.24, 2.45) is 5.92 Å². The molecule has 1 saturated heterocycles. The van der Waals surface area contributed by atoms with Crippen molar-refractivity contribution in [3.8, 4) is 0 Å². The highest BCUT2D eigenvalue weighted by Gasteiger charge is 2.29. The van der Waals surface area contributed by atoms with Crippen LogP contribution in [0.25, 0.3) is 0 Å². The van der Waals surface area contributed by atoms with Crippen LogP contribution in [-0.2, 0) is 15.4 Å². The predicted octanol–water partition coefficient (Wildman–Crippen LogP) is 4.13. The van der Waals surface area contributed by atoms with Crippen LogP contribution >= 0.6 is 11.6 Å². The van der Waals surface area contributed by atoms with Crippen LogP contribution in [0.15, 0.2) is 35.4 Å². The van der Waals surface area contributed by atoms with Crippen LogP contribution in [0.1, 0.15) is 69.9 Å². The number of sulfonamides is 1. The summed E-state index contributed by atoms with van der Waals surface area (Å²) in [6.45, 7) is 12.0. The normalized spacial score (nSPS) is 18.0. The largest absolute Gasteiger partial charge is 0.370 e. The van der Waals surface area contributed by atoms with Crippen molar-refractivity contribution in [2.75, 3.05) is 18.4 Å². The second kappa shape index (κ2) is 10.2. The highest BCUT2D eigenvalue weighted by molar-refractivity contribution is 7.90. The molecule has 0 unspecified atom stereocenters. The molecule has 186 valence electrons. The number of nitrogens with zero attached hydrogens (tertiary/aromatic N) is 2. The van der Waals surface area contributed by atoms with E-state index >= 15 is 0 Å². The van der Waals surface area contributed by atoms with Gasteiger partial charge < -0.3 is 10.6 Å². The maximum absolute atomic E-state index is 12.8. The van der Waals surface area contributed by atoms with Gasteiger partial charge >= 0.3 is 0 Å². The molecule has 0 saturated carbocycles. The zero-order valence-corrected chi connectivity index (χ0v) is 22.0. The number of nitrogens with one attached hydrogen (secondary N) is 3. The molecule has 3 N–H and O–H groups in total. The van der Waals surface area contributed by atoms with Crippen LogP contribution in [0, 0.1) is 5.92 Å². The third-order valence-corrected chi connectivity index (χ3v) is 7.37. The van der Waals surface area contributed by atoms with Gasteiger partial charge in [-0.15, -0.1) is 0 Å². The minimum atomic E-state index is -4.19. The van der Waals surface area contributed by atoms with Crippen molar-refractivity contribution in [1.29, 1.82) is 0 Å². The fourth-order valence-corrected chi connectivity index (χ4v) is 5.19. The van der Waals surface area contributed by atoms with E-state index in [1.165, 1.54) is 12.1 Å². The first-order chi connectivity index (χ1) is 15.8. The molecule has 34 heavy (non-hydrogen) atoms. The summed E-state index contributed by atoms with van der Waals surface area (Å²) in [6.07, 6.45) is 3.19. The van der Waals surface area contributed by atoms with E-state index in [0.717, 1.165) is 25.8 Å². The zero-order valence-electron chi connectivity index (χ0n) is 20.4. The van der Waals surface area contributed by atoms with Crippen molar-refractivity contribution < 1.29 is 13.2 Å². The van der Waals surface area contributed by atoms with Gasteiger partial charge in [0.15, 0.2) is 5.03 Å². The zero-order chi connectivity index (χ0) is 25.1. The molecule has 1 aliphatic heterocycles. The highest BCUT2D eigenvalue weighted by atomic mass is 35.5. The lowest BCUT2D eigenvalue weighted by atomic mass is 9.91. The quantitative estimate of drug-likeness (QED) is 0.363. The van der Waals surface area contributed by atoms with Crippen molar-refractivity contribution in [2.45, 2.75) is 69.9 Å². The third-order valence-electron chi connectivity index (χ3n) is 5.85. The molecule has 0 spiro atoms. The molecular formula is C24H34ClN5O3S. The van der Waals surface area contributed by atoms with Crippen LogP contribution in [-0.4, -0.2) is 42.9 Å². The van der Waals surface area contributed by atoms with Gasteiger partial charge in [-0.3, -0.25) is 4.79 Å². The standard InChI is InChI=1S/C24H34ClN5O3S/c1-23(2,3)18-12-11-17(21(25)28-18)22(31)30-34(32,33)20-10-6-9-19(29-20)26-13-7-8-16-14-24(4,5)27-15-16/h6,9-12,16,27H,7-8,13-15H2,1-5H3,(H,26,29)(H,30,31)/t16-/m0/s1. The number of pyridine rings is 2. The molecule has 0 radical (unpaired) electrons. The molecule has 2 aromatic rings. The predicted molar refractivity (Wildman–Crippen MR) is 135 cm³/mol. The first-order valence-electron chi connectivity index (χ1n) is 11.5. The average molecular weight is 508 g/mol. The fraction of sp³-hybridized carbons (Fsp3) is 0.542. The second-order valence-corrected chi connectivity index (χ2v) is 12.5. The van der Waals surface area contributed by atoms with Crippen LogP contribution in [0.2, 0.25) is 5.15 Å². The summed E-state index contributed by atoms with van der Waals surface area (Å²) in [5.41, 5.74) is 0.622. The Labute approximate surface area is 207 Å². The van der Waals surface area contributed by atoms with Crippen molar-refractivity contribution in [1.82, 2.24) is 20.0 Å². The first kappa shape index (κ1) is 26.4. The van der Waals surface area contributed by atoms with Gasteiger partial charge in [-0.1, -0.05) is 38.4 Å². The van der Waals surface area contributed by atoms with Gasteiger partial charge in [0.25, 0.3) is 15.9 Å². The van der Waals surface area contributed by atoms with Gasteiger partial charge in [0.05, 0.1) is 5.56 Å². The molecule has 10 heteroatoms. The van der Waals surface area contributed by atoms with Gasteiger partial charge in [0.1, 0.15) is 11.0 Å². The highest BCUT2D eigenvalue weighted by Crippen LogP contribution is 2.27. The Morgan fingerprint density at radius 2 is 1.94 bits per heavy atom. The molecule has 1 atom stereocenters. The molecule has 8 nitrogen and oxygen atoms in total. The molecule has 3 rings (SSSR count). The number of rotatable bonds is 8. The van der Waals surface area contributed by atoms with Crippen LogP contribution < -0.4 is 15.4 Å². The average Bonchev–Trinajstić information content (AvgIpc) is 3.09. The van der Waals surface area contributed by atoms with Crippen LogP contribution in [0.3, 0.4) is 0 Å². The monoisotopic (exact) mass is 507 g/mol. The van der Waals surface area contributed by atoms with Gasteiger partial charge in [-0.2, -0.15) is 8.42 Å². The molecular weight excluding hydrogens is 474 g/mol. The summed E-state index contributed by atoms with van der Waals surface area (Å²) in [7, 11) is -4.19. The lowest BCUT2D eigenvalue weighted by Crippen LogP contribution is -2.31. The molecule has 0 bridgehead atoms. The SMILES string of the molecule is CC1(C)C[C@H](CCCNc2cccc(S(=O)(=O)NC(=O)c3ccc(C(C)(C)C)nc3Cl)n2)CN1. The van der Waals surface area contributed by atoms with Crippen molar-refractivity contribution in [3.63, 3.8) is 0 Å². The molecule has 3 heterocycles. The number of anilines is 1. The van der Waals surface area contributed by atoms with Gasteiger partial charge in [0, 0.05) is 23.2 Å². The number of halogens is 1. The maximum atomic E-state index is 12.8. The smallest absolute Gasteiger partial charge is 0.281 e. The van der Waals surface area contributed by atoms with E-state index in [1.807, 2.05) is 25.5 Å². The molecule has 0 aliphatic carbocycles. The van der Waals surface area contributed by atoms with E-state index in [4.69, 9.17) is 11.6 Å². The Hall–Kier alpha value is -2.23. The molecule has 1 aliphatic rings. The summed E-state index contributed by atoms with van der Waals surface area (Å²) in [4.78, 5) is 21.0. The van der Waals surface area contributed by atoms with Crippen LogP contribution in [0.5, 0.6) is 0 Å². The van der Waals surface area contributed by atoms with Gasteiger partial charge in [-0.25, -0.2) is 14.7 Å². The Morgan fingerprint density at radius 3 is 2.56 bits per heavy atom. The number of aromatic nitrogens is 2. The van der Waals surface area contributed by atoms with Crippen molar-refractivity contribution in [3.05, 3.63) is 46.7 Å². The molecule has 1 fully saturated rings. The third kappa shape index (κ3) is 6.90. The van der Waals surface area contributed by atoms with Crippen molar-refractivity contribution >= 4 is 33.3 Å².